The first-order valence-electron chi connectivity index (χ1n) is 5.58. The molecule has 4 heteroatoms. The molecule has 0 saturated carbocycles. The average molecular weight is 252 g/mol. The van der Waals surface area contributed by atoms with Gasteiger partial charge in [0.1, 0.15) is 0 Å². The number of hydrogen-bond donors (Lipinski definition) is 2. The molecule has 1 aromatic carbocycles. The largest absolute Gasteiger partial charge is 0.398 e. The Bertz CT molecular complexity index is 410. The van der Waals surface area contributed by atoms with Crippen LogP contribution in [-0.4, -0.2) is 16.4 Å². The topological polar surface area (TPSA) is 55.1 Å². The zero-order valence-electron chi connectivity index (χ0n) is 10.8. The predicted molar refractivity (Wildman–Crippen MR) is 76.4 cm³/mol. The van der Waals surface area contributed by atoms with Gasteiger partial charge < -0.3 is 11.1 Å². The Balaban J connectivity index is 2.60. The highest BCUT2D eigenvalue weighted by Gasteiger charge is 2.14. The van der Waals surface area contributed by atoms with E-state index in [1.54, 1.807) is 11.8 Å². The van der Waals surface area contributed by atoms with Gasteiger partial charge in [-0.25, -0.2) is 0 Å². The summed E-state index contributed by atoms with van der Waals surface area (Å²) in [6, 6.07) is 5.54. The molecule has 1 aromatic rings. The number of nitrogens with one attached hydrogen (secondary N) is 1. The van der Waals surface area contributed by atoms with Crippen LogP contribution in [0.25, 0.3) is 0 Å². The van der Waals surface area contributed by atoms with Crippen LogP contribution in [0.5, 0.6) is 0 Å². The van der Waals surface area contributed by atoms with Crippen molar-refractivity contribution in [3.8, 4) is 0 Å². The fourth-order valence-electron chi connectivity index (χ4n) is 1.26. The molecule has 0 saturated heterocycles. The lowest BCUT2D eigenvalue weighted by Gasteiger charge is -2.17. The molecular weight excluding hydrogens is 232 g/mol. The number of thioether (sulfide) groups is 1. The maximum absolute atomic E-state index is 11.7. The molecule has 0 aromatic heterocycles. The lowest BCUT2D eigenvalue weighted by atomic mass is 10.1. The number of anilines is 2. The minimum absolute atomic E-state index is 0.0126. The summed E-state index contributed by atoms with van der Waals surface area (Å²) >= 11 is 1.63. The summed E-state index contributed by atoms with van der Waals surface area (Å²) in [5.74, 6) is 0.469. The van der Waals surface area contributed by atoms with E-state index in [2.05, 4.69) is 26.1 Å². The number of amides is 1. The molecule has 3 nitrogen and oxygen atoms in total. The van der Waals surface area contributed by atoms with E-state index in [1.807, 2.05) is 25.1 Å². The minimum Gasteiger partial charge on any atom is -0.398 e. The molecule has 0 aliphatic heterocycles. The highest BCUT2D eigenvalue weighted by molar-refractivity contribution is 8.01. The predicted octanol–water partition coefficient (Wildman–Crippen LogP) is 3.05. The van der Waals surface area contributed by atoms with Gasteiger partial charge in [-0.05, 0) is 24.6 Å². The van der Waals surface area contributed by atoms with Gasteiger partial charge in [0.05, 0.1) is 5.75 Å². The Morgan fingerprint density at radius 2 is 2.06 bits per heavy atom. The van der Waals surface area contributed by atoms with Gasteiger partial charge in [-0.3, -0.25) is 4.79 Å². The highest BCUT2D eigenvalue weighted by atomic mass is 32.2. The van der Waals surface area contributed by atoms with Crippen LogP contribution in [0.15, 0.2) is 18.2 Å². The van der Waals surface area contributed by atoms with Gasteiger partial charge in [0.25, 0.3) is 0 Å². The second-order valence-electron chi connectivity index (χ2n) is 4.97. The maximum atomic E-state index is 11.7. The van der Waals surface area contributed by atoms with Crippen molar-refractivity contribution in [3.05, 3.63) is 23.8 Å². The first-order valence-corrected chi connectivity index (χ1v) is 6.57. The molecule has 0 heterocycles. The Labute approximate surface area is 107 Å². The number of carbonyl (C=O) groups excluding carboxylic acids is 1. The van der Waals surface area contributed by atoms with Crippen molar-refractivity contribution in [1.82, 2.24) is 0 Å². The summed E-state index contributed by atoms with van der Waals surface area (Å²) in [5, 5.41) is 2.88. The van der Waals surface area contributed by atoms with Crippen LogP contribution in [-0.2, 0) is 4.79 Å². The lowest BCUT2D eigenvalue weighted by Crippen LogP contribution is -2.19. The van der Waals surface area contributed by atoms with Gasteiger partial charge in [0, 0.05) is 16.1 Å². The van der Waals surface area contributed by atoms with Crippen molar-refractivity contribution >= 4 is 29.0 Å². The number of nitrogen functional groups attached to an aromatic ring is 1. The molecule has 1 rings (SSSR count). The zero-order valence-corrected chi connectivity index (χ0v) is 11.6. The normalized spacial score (nSPS) is 11.3. The molecule has 17 heavy (non-hydrogen) atoms. The Morgan fingerprint density at radius 1 is 1.41 bits per heavy atom. The Morgan fingerprint density at radius 3 is 2.65 bits per heavy atom. The van der Waals surface area contributed by atoms with Crippen LogP contribution in [0, 0.1) is 6.92 Å². The molecule has 0 spiro atoms. The highest BCUT2D eigenvalue weighted by Crippen LogP contribution is 2.24. The summed E-state index contributed by atoms with van der Waals surface area (Å²) in [4.78, 5) is 11.7. The SMILES string of the molecule is Cc1c(N)cccc1NC(=O)CSC(C)(C)C. The van der Waals surface area contributed by atoms with E-state index < -0.39 is 0 Å². The van der Waals surface area contributed by atoms with Gasteiger partial charge in [0.2, 0.25) is 5.91 Å². The molecule has 0 atom stereocenters. The number of rotatable bonds is 3. The number of nitrogens with two attached hydrogens (primary N) is 1. The van der Waals surface area contributed by atoms with Crippen molar-refractivity contribution in [3.63, 3.8) is 0 Å². The molecule has 0 bridgehead atoms. The molecule has 0 aliphatic carbocycles. The van der Waals surface area contributed by atoms with E-state index in [-0.39, 0.29) is 10.7 Å². The summed E-state index contributed by atoms with van der Waals surface area (Å²) < 4.78 is 0.0993. The third kappa shape index (κ3) is 4.69. The monoisotopic (exact) mass is 252 g/mol. The Hall–Kier alpha value is -1.16. The molecule has 94 valence electrons. The molecule has 0 radical (unpaired) electrons. The number of hydrogen-bond acceptors (Lipinski definition) is 3. The van der Waals surface area contributed by atoms with Crippen LogP contribution in [0.3, 0.4) is 0 Å². The van der Waals surface area contributed by atoms with Crippen molar-refractivity contribution < 1.29 is 4.79 Å². The van der Waals surface area contributed by atoms with Crippen LogP contribution in [0.2, 0.25) is 0 Å². The van der Waals surface area contributed by atoms with E-state index in [1.165, 1.54) is 0 Å². The third-order valence-electron chi connectivity index (χ3n) is 2.29. The standard InChI is InChI=1S/C13H20N2OS/c1-9-10(14)6-5-7-11(9)15-12(16)8-17-13(2,3)4/h5-7H,8,14H2,1-4H3,(H,15,16). The van der Waals surface area contributed by atoms with Gasteiger partial charge >= 0.3 is 0 Å². The van der Waals surface area contributed by atoms with E-state index in [4.69, 9.17) is 5.73 Å². The van der Waals surface area contributed by atoms with E-state index in [9.17, 15) is 4.79 Å². The van der Waals surface area contributed by atoms with E-state index >= 15 is 0 Å². The molecule has 0 unspecified atom stereocenters. The van der Waals surface area contributed by atoms with Gasteiger partial charge in [-0.15, -0.1) is 11.8 Å². The lowest BCUT2D eigenvalue weighted by molar-refractivity contribution is -0.113. The Kier molecular flexibility index (Phi) is 4.46. The summed E-state index contributed by atoms with van der Waals surface area (Å²) in [5.41, 5.74) is 8.20. The zero-order chi connectivity index (χ0) is 13.1. The fraction of sp³-hybridized carbons (Fsp3) is 0.462. The van der Waals surface area contributed by atoms with Crippen LogP contribution in [0.4, 0.5) is 11.4 Å². The molecular formula is C13H20N2OS. The van der Waals surface area contributed by atoms with Crippen molar-refractivity contribution in [1.29, 1.82) is 0 Å². The fourth-order valence-corrected chi connectivity index (χ4v) is 1.89. The maximum Gasteiger partial charge on any atom is 0.234 e. The molecule has 3 N–H and O–H groups in total. The number of benzene rings is 1. The van der Waals surface area contributed by atoms with Crippen molar-refractivity contribution in [2.24, 2.45) is 0 Å². The first-order chi connectivity index (χ1) is 7.79. The van der Waals surface area contributed by atoms with Crippen LogP contribution >= 0.6 is 11.8 Å². The van der Waals surface area contributed by atoms with E-state index in [0.29, 0.717) is 11.4 Å². The third-order valence-corrected chi connectivity index (χ3v) is 3.56. The minimum atomic E-state index is 0.0126. The number of carbonyl (C=O) groups is 1. The van der Waals surface area contributed by atoms with Gasteiger partial charge in [-0.2, -0.15) is 0 Å². The van der Waals surface area contributed by atoms with E-state index in [0.717, 1.165) is 11.3 Å². The second-order valence-corrected chi connectivity index (χ2v) is 6.77. The van der Waals surface area contributed by atoms with Gasteiger partial charge in [-0.1, -0.05) is 26.8 Å². The molecule has 1 amide bonds. The summed E-state index contributed by atoms with van der Waals surface area (Å²) in [7, 11) is 0. The second kappa shape index (κ2) is 5.45. The van der Waals surface area contributed by atoms with Gasteiger partial charge in [0.15, 0.2) is 0 Å². The van der Waals surface area contributed by atoms with Crippen molar-refractivity contribution in [2.75, 3.05) is 16.8 Å². The molecule has 0 aliphatic rings. The van der Waals surface area contributed by atoms with Crippen molar-refractivity contribution in [2.45, 2.75) is 32.4 Å². The first kappa shape index (κ1) is 13.9. The molecule has 0 fully saturated rings. The summed E-state index contributed by atoms with van der Waals surface area (Å²) in [6.07, 6.45) is 0. The average Bonchev–Trinajstić information content (AvgIpc) is 2.21. The van der Waals surface area contributed by atoms with Crippen LogP contribution < -0.4 is 11.1 Å². The quantitative estimate of drug-likeness (QED) is 0.813. The van der Waals surface area contributed by atoms with Crippen LogP contribution in [0.1, 0.15) is 26.3 Å². The summed E-state index contributed by atoms with van der Waals surface area (Å²) in [6.45, 7) is 8.19. The smallest absolute Gasteiger partial charge is 0.234 e.